The van der Waals surface area contributed by atoms with Gasteiger partial charge in [0.2, 0.25) is 5.91 Å². The van der Waals surface area contributed by atoms with Crippen LogP contribution in [0.1, 0.15) is 21.5 Å². The van der Waals surface area contributed by atoms with Crippen molar-refractivity contribution in [3.63, 3.8) is 0 Å². The lowest BCUT2D eigenvalue weighted by Crippen LogP contribution is -2.34. The first-order valence-corrected chi connectivity index (χ1v) is 9.69. The highest BCUT2D eigenvalue weighted by Crippen LogP contribution is 2.33. The number of benzene rings is 2. The number of ether oxygens (including phenoxy) is 1. The molecule has 0 bridgehead atoms. The van der Waals surface area contributed by atoms with Crippen molar-refractivity contribution >= 4 is 45.8 Å². The third-order valence-corrected chi connectivity index (χ3v) is 5.38. The Morgan fingerprint density at radius 1 is 1.18 bits per heavy atom. The van der Waals surface area contributed by atoms with Gasteiger partial charge in [0.25, 0.3) is 0 Å². The summed E-state index contributed by atoms with van der Waals surface area (Å²) in [5.41, 5.74) is 3.67. The zero-order valence-corrected chi connectivity index (χ0v) is 16.6. The quantitative estimate of drug-likeness (QED) is 0.629. The van der Waals surface area contributed by atoms with Crippen LogP contribution in [-0.2, 0) is 14.3 Å². The summed E-state index contributed by atoms with van der Waals surface area (Å²) in [6, 6.07) is 12.6. The van der Waals surface area contributed by atoms with E-state index >= 15 is 0 Å². The topological polar surface area (TPSA) is 84.8 Å². The molecule has 0 aromatic heterocycles. The number of methoxy groups -OCH3 is 1. The number of rotatable bonds is 4. The minimum Gasteiger partial charge on any atom is -0.468 e. The summed E-state index contributed by atoms with van der Waals surface area (Å²) >= 11 is 1.07. The van der Waals surface area contributed by atoms with Crippen molar-refractivity contribution in [3.8, 4) is 0 Å². The maximum absolute atomic E-state index is 12.7. The number of nitrogens with one attached hydrogen (secondary N) is 1. The molecule has 7 heteroatoms. The first-order chi connectivity index (χ1) is 13.4. The predicted octanol–water partition coefficient (Wildman–Crippen LogP) is 3.69. The van der Waals surface area contributed by atoms with Crippen molar-refractivity contribution in [3.05, 3.63) is 59.2 Å². The monoisotopic (exact) mass is 396 g/mol. The largest absolute Gasteiger partial charge is 0.468 e. The lowest BCUT2D eigenvalue weighted by atomic mass is 9.94. The van der Waals surface area contributed by atoms with E-state index in [0.717, 1.165) is 28.6 Å². The maximum atomic E-state index is 12.7. The third-order valence-electron chi connectivity index (χ3n) is 4.35. The van der Waals surface area contributed by atoms with Crippen LogP contribution in [-0.4, -0.2) is 35.6 Å². The number of hydrogen-bond acceptors (Lipinski definition) is 6. The number of Topliss-reactive ketones (excluding diaryl/α,β-unsaturated/α-hetero) is 1. The summed E-state index contributed by atoms with van der Waals surface area (Å²) in [6.07, 6.45) is 0. The average Bonchev–Trinajstić information content (AvgIpc) is 2.68. The van der Waals surface area contributed by atoms with Crippen LogP contribution in [0.25, 0.3) is 0 Å². The Kier molecular flexibility index (Phi) is 5.94. The molecule has 0 radical (unpaired) electrons. The molecule has 28 heavy (non-hydrogen) atoms. The molecule has 1 amide bonds. The molecule has 0 saturated heterocycles. The third kappa shape index (κ3) is 4.14. The van der Waals surface area contributed by atoms with Crippen LogP contribution < -0.4 is 5.32 Å². The smallest absolute Gasteiger partial charge is 0.323 e. The molecule has 2 aromatic carbocycles. The van der Waals surface area contributed by atoms with Gasteiger partial charge in [-0.1, -0.05) is 41.6 Å². The number of ketones is 1. The Morgan fingerprint density at radius 3 is 2.64 bits per heavy atom. The van der Waals surface area contributed by atoms with Gasteiger partial charge in [0.15, 0.2) is 11.7 Å². The minimum atomic E-state index is -1.14. The van der Waals surface area contributed by atoms with Crippen molar-refractivity contribution in [2.24, 2.45) is 10.9 Å². The fourth-order valence-electron chi connectivity index (χ4n) is 2.95. The van der Waals surface area contributed by atoms with E-state index in [1.807, 2.05) is 32.0 Å². The molecule has 1 aliphatic heterocycles. The first kappa shape index (κ1) is 19.8. The van der Waals surface area contributed by atoms with E-state index in [4.69, 9.17) is 4.74 Å². The molecule has 0 saturated carbocycles. The van der Waals surface area contributed by atoms with Crippen molar-refractivity contribution < 1.29 is 19.1 Å². The molecular formula is C21H20N2O4S. The highest BCUT2D eigenvalue weighted by atomic mass is 32.2. The molecule has 0 aliphatic carbocycles. The second-order valence-corrected chi connectivity index (χ2v) is 7.44. The number of anilines is 1. The van der Waals surface area contributed by atoms with Crippen LogP contribution >= 0.6 is 11.8 Å². The lowest BCUT2D eigenvalue weighted by molar-refractivity contribution is -0.141. The fourth-order valence-corrected chi connectivity index (χ4v) is 3.84. The Balaban J connectivity index is 1.77. The van der Waals surface area contributed by atoms with Crippen molar-refractivity contribution in [1.29, 1.82) is 0 Å². The summed E-state index contributed by atoms with van der Waals surface area (Å²) in [4.78, 5) is 41.7. The molecule has 2 aromatic rings. The zero-order chi connectivity index (χ0) is 20.3. The summed E-state index contributed by atoms with van der Waals surface area (Å²) in [6.45, 7) is 3.90. The molecule has 1 N–H and O–H groups in total. The number of thioether (sulfide) groups is 1. The zero-order valence-electron chi connectivity index (χ0n) is 15.8. The Hall–Kier alpha value is -2.93. The highest BCUT2D eigenvalue weighted by molar-refractivity contribution is 8.14. The maximum Gasteiger partial charge on any atom is 0.323 e. The summed E-state index contributed by atoms with van der Waals surface area (Å²) in [5, 5.41) is 3.12. The molecule has 0 spiro atoms. The van der Waals surface area contributed by atoms with E-state index in [-0.39, 0.29) is 22.5 Å². The van der Waals surface area contributed by atoms with Crippen molar-refractivity contribution in [2.45, 2.75) is 13.8 Å². The fraction of sp³-hybridized carbons (Fsp3) is 0.238. The van der Waals surface area contributed by atoms with Gasteiger partial charge in [0, 0.05) is 11.3 Å². The van der Waals surface area contributed by atoms with Gasteiger partial charge >= 0.3 is 5.97 Å². The average molecular weight is 396 g/mol. The molecule has 1 heterocycles. The van der Waals surface area contributed by atoms with E-state index in [0.29, 0.717) is 11.3 Å². The molecule has 1 atom stereocenters. The summed E-state index contributed by atoms with van der Waals surface area (Å²) in [7, 11) is 1.23. The number of aryl methyl sites for hydroxylation is 2. The Bertz CT molecular complexity index is 984. The molecule has 3 rings (SSSR count). The van der Waals surface area contributed by atoms with E-state index in [1.165, 1.54) is 7.11 Å². The van der Waals surface area contributed by atoms with Gasteiger partial charge in [0.05, 0.1) is 23.6 Å². The Labute approximate surface area is 167 Å². The van der Waals surface area contributed by atoms with Gasteiger partial charge in [-0.2, -0.15) is 0 Å². The van der Waals surface area contributed by atoms with E-state index in [9.17, 15) is 14.4 Å². The summed E-state index contributed by atoms with van der Waals surface area (Å²) in [5.74, 6) is -2.40. The van der Waals surface area contributed by atoms with Gasteiger partial charge in [-0.05, 0) is 37.6 Å². The van der Waals surface area contributed by atoms with Gasteiger partial charge in [-0.3, -0.25) is 14.4 Å². The summed E-state index contributed by atoms with van der Waals surface area (Å²) < 4.78 is 4.78. The van der Waals surface area contributed by atoms with Crippen LogP contribution in [0.5, 0.6) is 0 Å². The van der Waals surface area contributed by atoms with Gasteiger partial charge < -0.3 is 10.1 Å². The number of aliphatic imine (C=N–C) groups is 1. The second kappa shape index (κ2) is 8.39. The molecule has 0 fully saturated rings. The second-order valence-electron chi connectivity index (χ2n) is 6.44. The van der Waals surface area contributed by atoms with Crippen LogP contribution in [0.15, 0.2) is 47.5 Å². The SMILES string of the molecule is COC(=O)C1C(=O)c2ccccc2N=C1SCC(=O)Nc1ccc(C)cc1C. The van der Waals surface area contributed by atoms with E-state index < -0.39 is 11.9 Å². The van der Waals surface area contributed by atoms with E-state index in [2.05, 4.69) is 10.3 Å². The minimum absolute atomic E-state index is 0.0229. The number of carbonyl (C=O) groups is 3. The van der Waals surface area contributed by atoms with E-state index in [1.54, 1.807) is 24.3 Å². The number of nitrogens with zero attached hydrogens (tertiary/aromatic N) is 1. The van der Waals surface area contributed by atoms with Crippen LogP contribution in [0.3, 0.4) is 0 Å². The lowest BCUT2D eigenvalue weighted by Gasteiger charge is -2.21. The number of fused-ring (bicyclic) bond motifs is 1. The Morgan fingerprint density at radius 2 is 1.93 bits per heavy atom. The normalized spacial score (nSPS) is 15.5. The van der Waals surface area contributed by atoms with Gasteiger partial charge in [-0.25, -0.2) is 4.99 Å². The van der Waals surface area contributed by atoms with Crippen molar-refractivity contribution in [2.75, 3.05) is 18.2 Å². The molecule has 1 aliphatic rings. The molecular weight excluding hydrogens is 376 g/mol. The number of para-hydroxylation sites is 1. The first-order valence-electron chi connectivity index (χ1n) is 8.70. The van der Waals surface area contributed by atoms with Gasteiger partial charge in [0.1, 0.15) is 0 Å². The predicted molar refractivity (Wildman–Crippen MR) is 110 cm³/mol. The van der Waals surface area contributed by atoms with Crippen LogP contribution in [0.2, 0.25) is 0 Å². The number of carbonyl (C=O) groups excluding carboxylic acids is 3. The number of amides is 1. The van der Waals surface area contributed by atoms with Crippen LogP contribution in [0, 0.1) is 19.8 Å². The molecule has 1 unspecified atom stereocenters. The highest BCUT2D eigenvalue weighted by Gasteiger charge is 2.38. The number of hydrogen-bond donors (Lipinski definition) is 1. The standard InChI is InChI=1S/C21H20N2O4S/c1-12-8-9-15(13(2)10-12)22-17(24)11-28-20-18(21(26)27-3)19(25)14-6-4-5-7-16(14)23-20/h4-10,18H,11H2,1-3H3,(H,22,24). The molecule has 6 nitrogen and oxygen atoms in total. The van der Waals surface area contributed by atoms with Gasteiger partial charge in [-0.15, -0.1) is 0 Å². The molecule has 144 valence electrons. The number of esters is 1. The van der Waals surface area contributed by atoms with Crippen molar-refractivity contribution in [1.82, 2.24) is 0 Å². The van der Waals surface area contributed by atoms with Crippen LogP contribution in [0.4, 0.5) is 11.4 Å².